The van der Waals surface area contributed by atoms with Crippen molar-refractivity contribution in [3.8, 4) is 17.2 Å². The molecule has 28 heavy (non-hydrogen) atoms. The van der Waals surface area contributed by atoms with Gasteiger partial charge in [-0.25, -0.2) is 10.2 Å². The molecule has 0 aliphatic carbocycles. The van der Waals surface area contributed by atoms with Crippen LogP contribution in [0.1, 0.15) is 22.8 Å². The van der Waals surface area contributed by atoms with Crippen molar-refractivity contribution in [3.63, 3.8) is 0 Å². The van der Waals surface area contributed by atoms with Gasteiger partial charge in [-0.05, 0) is 71.5 Å². The number of aliphatic carboxylic acids is 1. The maximum Gasteiger partial charge on any atom is 0.341 e. The molecular weight excluding hydrogens is 479 g/mol. The van der Waals surface area contributed by atoms with Crippen LogP contribution in [-0.4, -0.2) is 43.5 Å². The average Bonchev–Trinajstić information content (AvgIpc) is 2.67. The number of carboxylic acid groups (broad SMARTS) is 1. The van der Waals surface area contributed by atoms with E-state index in [1.54, 1.807) is 43.3 Å². The van der Waals surface area contributed by atoms with Crippen molar-refractivity contribution in [3.05, 3.63) is 51.1 Å². The van der Waals surface area contributed by atoms with Crippen molar-refractivity contribution in [2.45, 2.75) is 6.92 Å². The lowest BCUT2D eigenvalue weighted by Crippen LogP contribution is -2.17. The lowest BCUT2D eigenvalue weighted by Gasteiger charge is -2.11. The third-order valence-corrected chi connectivity index (χ3v) is 4.30. The standard InChI is InChI=1S/C19H19IN2O6/c1-3-27-17-8-12(4-7-15(17)28-11-18(23)24)10-21-22-19(25)13-5-6-14(20)16(9-13)26-2/h4-10H,3,11H2,1-2H3,(H,22,25)(H,23,24). The summed E-state index contributed by atoms with van der Waals surface area (Å²) in [6, 6.07) is 9.99. The molecule has 0 fully saturated rings. The van der Waals surface area contributed by atoms with Crippen LogP contribution >= 0.6 is 22.6 Å². The number of benzene rings is 2. The molecular formula is C19H19IN2O6. The van der Waals surface area contributed by atoms with Gasteiger partial charge < -0.3 is 19.3 Å². The summed E-state index contributed by atoms with van der Waals surface area (Å²) in [5, 5.41) is 12.7. The normalized spacial score (nSPS) is 10.5. The van der Waals surface area contributed by atoms with Crippen molar-refractivity contribution in [2.75, 3.05) is 20.3 Å². The first-order valence-electron chi connectivity index (χ1n) is 8.23. The lowest BCUT2D eigenvalue weighted by molar-refractivity contribution is -0.139. The zero-order valence-electron chi connectivity index (χ0n) is 15.3. The largest absolute Gasteiger partial charge is 0.496 e. The molecule has 0 heterocycles. The second kappa shape index (κ2) is 10.5. The number of nitrogens with zero attached hydrogens (tertiary/aromatic N) is 1. The van der Waals surface area contributed by atoms with Gasteiger partial charge in [0.25, 0.3) is 5.91 Å². The van der Waals surface area contributed by atoms with Crippen molar-refractivity contribution in [2.24, 2.45) is 5.10 Å². The molecule has 1 amide bonds. The number of methoxy groups -OCH3 is 1. The molecule has 0 bridgehead atoms. The number of ether oxygens (including phenoxy) is 3. The molecule has 2 N–H and O–H groups in total. The second-order valence-corrected chi connectivity index (χ2v) is 6.53. The van der Waals surface area contributed by atoms with Crippen LogP contribution in [0, 0.1) is 3.57 Å². The van der Waals surface area contributed by atoms with Crippen LogP contribution < -0.4 is 19.6 Å². The Morgan fingerprint density at radius 1 is 1.14 bits per heavy atom. The Labute approximate surface area is 175 Å². The highest BCUT2D eigenvalue weighted by atomic mass is 127. The van der Waals surface area contributed by atoms with Gasteiger partial charge in [0.1, 0.15) is 5.75 Å². The van der Waals surface area contributed by atoms with E-state index < -0.39 is 12.6 Å². The Morgan fingerprint density at radius 3 is 2.61 bits per heavy atom. The van der Waals surface area contributed by atoms with Gasteiger partial charge in [-0.1, -0.05) is 0 Å². The molecule has 0 aromatic heterocycles. The molecule has 9 heteroatoms. The number of amides is 1. The van der Waals surface area contributed by atoms with E-state index >= 15 is 0 Å². The highest BCUT2D eigenvalue weighted by Gasteiger charge is 2.09. The van der Waals surface area contributed by atoms with E-state index in [4.69, 9.17) is 19.3 Å². The number of hydrogen-bond donors (Lipinski definition) is 2. The molecule has 0 aliphatic rings. The summed E-state index contributed by atoms with van der Waals surface area (Å²) in [5.41, 5.74) is 3.51. The van der Waals surface area contributed by atoms with Gasteiger partial charge in [-0.2, -0.15) is 5.10 Å². The van der Waals surface area contributed by atoms with E-state index in [1.807, 2.05) is 0 Å². The molecule has 0 spiro atoms. The molecule has 0 radical (unpaired) electrons. The number of halogens is 1. The topological polar surface area (TPSA) is 106 Å². The third kappa shape index (κ3) is 6.12. The third-order valence-electron chi connectivity index (χ3n) is 3.41. The number of rotatable bonds is 9. The minimum absolute atomic E-state index is 0.316. The SMILES string of the molecule is CCOc1cc(C=NNC(=O)c2ccc(I)c(OC)c2)ccc1OCC(=O)O. The number of hydrazone groups is 1. The molecule has 2 aromatic rings. The average molecular weight is 498 g/mol. The van der Waals surface area contributed by atoms with Crippen LogP contribution in [-0.2, 0) is 4.79 Å². The first kappa shape index (κ1) is 21.5. The van der Waals surface area contributed by atoms with Crippen LogP contribution in [0.3, 0.4) is 0 Å². The number of carbonyl (C=O) groups is 2. The number of carbonyl (C=O) groups excluding carboxylic acids is 1. The minimum atomic E-state index is -1.08. The fraction of sp³-hybridized carbons (Fsp3) is 0.211. The Balaban J connectivity index is 2.07. The van der Waals surface area contributed by atoms with E-state index in [1.165, 1.54) is 13.3 Å². The second-order valence-electron chi connectivity index (χ2n) is 5.37. The highest BCUT2D eigenvalue weighted by molar-refractivity contribution is 14.1. The van der Waals surface area contributed by atoms with Gasteiger partial charge in [0.2, 0.25) is 0 Å². The van der Waals surface area contributed by atoms with Gasteiger partial charge in [0.05, 0.1) is 23.5 Å². The van der Waals surface area contributed by atoms with Gasteiger partial charge in [-0.3, -0.25) is 4.79 Å². The van der Waals surface area contributed by atoms with Crippen molar-refractivity contribution in [1.82, 2.24) is 5.43 Å². The predicted molar refractivity (Wildman–Crippen MR) is 112 cm³/mol. The maximum absolute atomic E-state index is 12.2. The molecule has 0 saturated heterocycles. The van der Waals surface area contributed by atoms with Crippen LogP contribution in [0.25, 0.3) is 0 Å². The van der Waals surface area contributed by atoms with Gasteiger partial charge in [0, 0.05) is 5.56 Å². The van der Waals surface area contributed by atoms with Gasteiger partial charge in [0.15, 0.2) is 18.1 Å². The maximum atomic E-state index is 12.2. The van der Waals surface area contributed by atoms with Crippen LogP contribution in [0.4, 0.5) is 0 Å². The molecule has 2 aromatic carbocycles. The molecule has 8 nitrogen and oxygen atoms in total. The first-order valence-corrected chi connectivity index (χ1v) is 9.30. The molecule has 2 rings (SSSR count). The number of nitrogens with one attached hydrogen (secondary N) is 1. The Kier molecular flexibility index (Phi) is 8.05. The summed E-state index contributed by atoms with van der Waals surface area (Å²) in [7, 11) is 1.54. The van der Waals surface area contributed by atoms with Crippen molar-refractivity contribution >= 4 is 40.7 Å². The van der Waals surface area contributed by atoms with E-state index in [-0.39, 0.29) is 5.91 Å². The van der Waals surface area contributed by atoms with Crippen LogP contribution in [0.15, 0.2) is 41.5 Å². The Hall–Kier alpha value is -2.82. The molecule has 0 saturated carbocycles. The van der Waals surface area contributed by atoms with Gasteiger partial charge >= 0.3 is 5.97 Å². The number of hydrogen-bond acceptors (Lipinski definition) is 6. The summed E-state index contributed by atoms with van der Waals surface area (Å²) >= 11 is 2.12. The molecule has 0 unspecified atom stereocenters. The zero-order chi connectivity index (χ0) is 20.5. The summed E-state index contributed by atoms with van der Waals surface area (Å²) in [6.07, 6.45) is 1.45. The highest BCUT2D eigenvalue weighted by Crippen LogP contribution is 2.28. The molecule has 0 atom stereocenters. The Morgan fingerprint density at radius 2 is 1.93 bits per heavy atom. The van der Waals surface area contributed by atoms with E-state index in [0.717, 1.165) is 3.57 Å². The van der Waals surface area contributed by atoms with Crippen molar-refractivity contribution in [1.29, 1.82) is 0 Å². The minimum Gasteiger partial charge on any atom is -0.496 e. The van der Waals surface area contributed by atoms with Crippen LogP contribution in [0.2, 0.25) is 0 Å². The Bertz CT molecular complexity index is 885. The summed E-state index contributed by atoms with van der Waals surface area (Å²) in [4.78, 5) is 22.9. The van der Waals surface area contributed by atoms with E-state index in [2.05, 4.69) is 33.1 Å². The number of carboxylic acids is 1. The smallest absolute Gasteiger partial charge is 0.341 e. The lowest BCUT2D eigenvalue weighted by atomic mass is 10.2. The fourth-order valence-corrected chi connectivity index (χ4v) is 2.72. The quantitative estimate of drug-likeness (QED) is 0.313. The summed E-state index contributed by atoms with van der Waals surface area (Å²) < 4.78 is 16.7. The summed E-state index contributed by atoms with van der Waals surface area (Å²) in [6.45, 7) is 1.72. The predicted octanol–water partition coefficient (Wildman–Crippen LogP) is 2.93. The van der Waals surface area contributed by atoms with Crippen LogP contribution in [0.5, 0.6) is 17.2 Å². The first-order chi connectivity index (χ1) is 13.4. The molecule has 0 aliphatic heterocycles. The monoisotopic (exact) mass is 498 g/mol. The van der Waals surface area contributed by atoms with Gasteiger partial charge in [-0.15, -0.1) is 0 Å². The zero-order valence-corrected chi connectivity index (χ0v) is 17.4. The van der Waals surface area contributed by atoms with Crippen molar-refractivity contribution < 1.29 is 28.9 Å². The molecule has 148 valence electrons. The summed E-state index contributed by atoms with van der Waals surface area (Å²) in [5.74, 6) is -0.145. The van der Waals surface area contributed by atoms with E-state index in [9.17, 15) is 9.59 Å². The fourth-order valence-electron chi connectivity index (χ4n) is 2.16. The van der Waals surface area contributed by atoms with E-state index in [0.29, 0.717) is 35.0 Å².